The van der Waals surface area contributed by atoms with Gasteiger partial charge in [-0.05, 0) is 109 Å². The third kappa shape index (κ3) is 5.80. The van der Waals surface area contributed by atoms with Crippen molar-refractivity contribution in [3.05, 3.63) is 154 Å². The first-order valence-electron chi connectivity index (χ1n) is 19.5. The summed E-state index contributed by atoms with van der Waals surface area (Å²) in [4.78, 5) is 14.3. The van der Waals surface area contributed by atoms with Crippen molar-refractivity contribution in [1.82, 2.24) is 0 Å². The quantitative estimate of drug-likeness (QED) is 0.125. The molecule has 0 N–H and O–H groups in total. The van der Waals surface area contributed by atoms with Gasteiger partial charge in [0.05, 0.1) is 0 Å². The molecular weight excluding hydrogens is 649 g/mol. The smallest absolute Gasteiger partial charge is 0.189 e. The monoisotopic (exact) mass is 696 g/mol. The van der Waals surface area contributed by atoms with Gasteiger partial charge in [0.15, 0.2) is 5.78 Å². The van der Waals surface area contributed by atoms with E-state index in [1.54, 1.807) is 0 Å². The third-order valence-corrected chi connectivity index (χ3v) is 14.0. The molecule has 1 aromatic heterocycles. The first-order valence-corrected chi connectivity index (χ1v) is 20.4. The Balaban J connectivity index is 1.14. The molecule has 5 aromatic carbocycles. The Labute approximate surface area is 313 Å². The van der Waals surface area contributed by atoms with Gasteiger partial charge in [-0.15, -0.1) is 11.3 Å². The second-order valence-electron chi connectivity index (χ2n) is 16.3. The second kappa shape index (κ2) is 13.5. The van der Waals surface area contributed by atoms with Crippen LogP contribution in [-0.4, -0.2) is 5.78 Å². The summed E-state index contributed by atoms with van der Waals surface area (Å²) in [5.41, 5.74) is 11.8. The van der Waals surface area contributed by atoms with Crippen LogP contribution >= 0.6 is 11.3 Å². The Morgan fingerprint density at radius 1 is 0.750 bits per heavy atom. The van der Waals surface area contributed by atoms with Gasteiger partial charge in [0, 0.05) is 27.7 Å². The predicted octanol–water partition coefficient (Wildman–Crippen LogP) is 14.1. The van der Waals surface area contributed by atoms with Crippen LogP contribution in [0.3, 0.4) is 0 Å². The largest absolute Gasteiger partial charge is 0.289 e. The van der Waals surface area contributed by atoms with Gasteiger partial charge in [-0.1, -0.05) is 156 Å². The van der Waals surface area contributed by atoms with Crippen molar-refractivity contribution in [3.63, 3.8) is 0 Å². The maximum Gasteiger partial charge on any atom is 0.189 e. The van der Waals surface area contributed by atoms with Crippen LogP contribution in [0.4, 0.5) is 0 Å². The maximum absolute atomic E-state index is 14.3. The summed E-state index contributed by atoms with van der Waals surface area (Å²) < 4.78 is 1.39. The summed E-state index contributed by atoms with van der Waals surface area (Å²) in [5, 5.41) is 6.32. The molecule has 0 spiro atoms. The molecule has 0 bridgehead atoms. The van der Waals surface area contributed by atoms with Crippen molar-refractivity contribution in [3.8, 4) is 22.3 Å². The zero-order chi connectivity index (χ0) is 35.4. The molecule has 2 unspecified atom stereocenters. The van der Waals surface area contributed by atoms with E-state index < -0.39 is 0 Å². The molecule has 260 valence electrons. The fourth-order valence-electron chi connectivity index (χ4n) is 9.94. The van der Waals surface area contributed by atoms with E-state index in [-0.39, 0.29) is 11.2 Å². The van der Waals surface area contributed by atoms with Crippen LogP contribution in [0.15, 0.2) is 132 Å². The minimum atomic E-state index is -0.178. The fourth-order valence-corrected chi connectivity index (χ4v) is 10.9. The molecule has 1 heterocycles. The molecule has 1 saturated carbocycles. The lowest BCUT2D eigenvalue weighted by Crippen LogP contribution is -2.21. The lowest BCUT2D eigenvalue weighted by Gasteiger charge is -2.31. The highest BCUT2D eigenvalue weighted by molar-refractivity contribution is 7.18. The van der Waals surface area contributed by atoms with E-state index in [2.05, 4.69) is 141 Å². The number of thiophene rings is 1. The number of carbonyl (C=O) groups excluding carboxylic acids is 1. The molecular formula is C50H48OS. The van der Waals surface area contributed by atoms with Crippen LogP contribution in [0.25, 0.3) is 43.1 Å². The normalized spacial score (nSPS) is 21.6. The number of benzene rings is 5. The van der Waals surface area contributed by atoms with Crippen molar-refractivity contribution in [2.75, 3.05) is 0 Å². The van der Waals surface area contributed by atoms with Crippen LogP contribution < -0.4 is 0 Å². The lowest BCUT2D eigenvalue weighted by atomic mass is 9.73. The number of ketones is 1. The first kappa shape index (κ1) is 33.3. The second-order valence-corrected chi connectivity index (χ2v) is 17.2. The van der Waals surface area contributed by atoms with Crippen LogP contribution in [0, 0.1) is 11.8 Å². The molecule has 0 radical (unpaired) electrons. The maximum atomic E-state index is 14.3. The van der Waals surface area contributed by atoms with Crippen molar-refractivity contribution >= 4 is 38.0 Å². The van der Waals surface area contributed by atoms with Crippen LogP contribution in [0.5, 0.6) is 0 Å². The standard InChI is InChI=1S/C50H48OS/c1-32-37(19-18-33-12-10-11-13-33)29-40(50(2,3)47-41(32)24-25-43-42(47)23-21-36-26-27-52-49(36)43)22-20-38-28-39-30-44(34-14-6-4-7-15-34)45(31-46(39)48(38)51)35-16-8-5-9-17-35/h4-9,14-17,20-27,30-33,37H,10-13,18-19,28-29H2,1-3H3/b38-20-,40-22+. The average molecular weight is 697 g/mol. The Kier molecular flexibility index (Phi) is 8.63. The van der Waals surface area contributed by atoms with Gasteiger partial charge < -0.3 is 0 Å². The minimum Gasteiger partial charge on any atom is -0.289 e. The van der Waals surface area contributed by atoms with Gasteiger partial charge in [-0.3, -0.25) is 4.79 Å². The van der Waals surface area contributed by atoms with E-state index in [9.17, 15) is 4.79 Å². The predicted molar refractivity (Wildman–Crippen MR) is 222 cm³/mol. The van der Waals surface area contributed by atoms with E-state index in [4.69, 9.17) is 0 Å². The van der Waals surface area contributed by atoms with Crippen LogP contribution in [0.2, 0.25) is 0 Å². The summed E-state index contributed by atoms with van der Waals surface area (Å²) in [6.45, 7) is 7.39. The van der Waals surface area contributed by atoms with Gasteiger partial charge in [0.25, 0.3) is 0 Å². The van der Waals surface area contributed by atoms with Crippen molar-refractivity contribution in [2.24, 2.45) is 11.8 Å². The molecule has 2 atom stereocenters. The van der Waals surface area contributed by atoms with E-state index in [1.807, 2.05) is 11.3 Å². The molecule has 3 aliphatic carbocycles. The number of hydrogen-bond acceptors (Lipinski definition) is 2. The summed E-state index contributed by atoms with van der Waals surface area (Å²) >= 11 is 1.86. The Hall–Kier alpha value is -4.53. The molecule has 9 rings (SSSR count). The van der Waals surface area contributed by atoms with Gasteiger partial charge in [-0.25, -0.2) is 0 Å². The topological polar surface area (TPSA) is 17.1 Å². The first-order chi connectivity index (χ1) is 25.4. The Bertz CT molecular complexity index is 2360. The highest BCUT2D eigenvalue weighted by Crippen LogP contribution is 2.51. The zero-order valence-corrected chi connectivity index (χ0v) is 31.6. The fraction of sp³-hybridized carbons (Fsp3) is 0.300. The lowest BCUT2D eigenvalue weighted by molar-refractivity contribution is 0.103. The summed E-state index contributed by atoms with van der Waals surface area (Å²) in [5.74, 6) is 2.11. The van der Waals surface area contributed by atoms with Gasteiger partial charge in [-0.2, -0.15) is 0 Å². The van der Waals surface area contributed by atoms with E-state index >= 15 is 0 Å². The Morgan fingerprint density at radius 2 is 1.44 bits per heavy atom. The molecule has 3 aliphatic rings. The molecule has 0 amide bonds. The average Bonchev–Trinajstić information content (AvgIpc) is 3.94. The molecule has 6 aromatic rings. The highest BCUT2D eigenvalue weighted by atomic mass is 32.1. The number of fused-ring (bicyclic) bond motifs is 6. The van der Waals surface area contributed by atoms with Gasteiger partial charge >= 0.3 is 0 Å². The molecule has 1 fully saturated rings. The minimum absolute atomic E-state index is 0.173. The number of Topliss-reactive ketones (excluding diaryl/α,β-unsaturated/α-hetero) is 1. The number of carbonyl (C=O) groups is 1. The third-order valence-electron chi connectivity index (χ3n) is 13.0. The SMILES string of the molecule is CC1c2ccc3c(ccc4ccsc43)c2C(C)(C)/C(=C/C=C2/Cc3cc(-c4ccccc4)c(-c4ccccc4)cc3C2=O)CC1CCC1CCCC1. The van der Waals surface area contributed by atoms with Gasteiger partial charge in [0.1, 0.15) is 0 Å². The van der Waals surface area contributed by atoms with Crippen LogP contribution in [-0.2, 0) is 11.8 Å². The molecule has 52 heavy (non-hydrogen) atoms. The summed E-state index contributed by atoms with van der Waals surface area (Å²) in [6, 6.07) is 37.4. The van der Waals surface area contributed by atoms with E-state index in [1.165, 1.54) is 87.2 Å². The molecule has 0 saturated heterocycles. The van der Waals surface area contributed by atoms with E-state index in [0.29, 0.717) is 18.3 Å². The number of hydrogen-bond donors (Lipinski definition) is 0. The van der Waals surface area contributed by atoms with Crippen molar-refractivity contribution in [1.29, 1.82) is 0 Å². The van der Waals surface area contributed by atoms with Crippen LogP contribution in [0.1, 0.15) is 98.7 Å². The highest BCUT2D eigenvalue weighted by Gasteiger charge is 2.38. The zero-order valence-electron chi connectivity index (χ0n) is 30.8. The Morgan fingerprint density at radius 3 is 2.17 bits per heavy atom. The van der Waals surface area contributed by atoms with Gasteiger partial charge in [0.2, 0.25) is 0 Å². The van der Waals surface area contributed by atoms with Crippen molar-refractivity contribution < 1.29 is 4.79 Å². The summed E-state index contributed by atoms with van der Waals surface area (Å²) in [7, 11) is 0. The number of rotatable bonds is 6. The summed E-state index contributed by atoms with van der Waals surface area (Å²) in [6.07, 6.45) is 14.5. The molecule has 1 nitrogen and oxygen atoms in total. The number of allylic oxidation sites excluding steroid dienone is 4. The molecule has 2 heteroatoms. The van der Waals surface area contributed by atoms with E-state index in [0.717, 1.165) is 40.2 Å². The van der Waals surface area contributed by atoms with Crippen molar-refractivity contribution in [2.45, 2.75) is 83.5 Å². The molecule has 0 aliphatic heterocycles.